The second-order valence-corrected chi connectivity index (χ2v) is 7.17. The number of aromatic amines is 1. The number of urea groups is 1. The summed E-state index contributed by atoms with van der Waals surface area (Å²) in [5, 5.41) is 11.1. The van der Waals surface area contributed by atoms with Crippen LogP contribution in [-0.2, 0) is 6.18 Å². The van der Waals surface area contributed by atoms with E-state index in [4.69, 9.17) is 16.3 Å². The minimum atomic E-state index is -4.63. The molecule has 4 rings (SSSR count). The van der Waals surface area contributed by atoms with Crippen molar-refractivity contribution >= 4 is 29.0 Å². The first-order valence-corrected chi connectivity index (χ1v) is 9.83. The molecule has 4 aromatic rings. The van der Waals surface area contributed by atoms with Gasteiger partial charge in [-0.2, -0.15) is 18.3 Å². The molecule has 3 N–H and O–H groups in total. The molecule has 7 nitrogen and oxygen atoms in total. The first-order valence-electron chi connectivity index (χ1n) is 9.46. The second-order valence-electron chi connectivity index (χ2n) is 6.76. The van der Waals surface area contributed by atoms with Crippen LogP contribution in [0.2, 0.25) is 5.02 Å². The van der Waals surface area contributed by atoms with Gasteiger partial charge in [0.2, 0.25) is 0 Å². The van der Waals surface area contributed by atoms with E-state index in [0.29, 0.717) is 22.9 Å². The van der Waals surface area contributed by atoms with Gasteiger partial charge in [0.05, 0.1) is 22.5 Å². The lowest BCUT2D eigenvalue weighted by Gasteiger charge is -2.12. The predicted octanol–water partition coefficient (Wildman–Crippen LogP) is 6.58. The van der Waals surface area contributed by atoms with Gasteiger partial charge in [0.15, 0.2) is 0 Å². The van der Waals surface area contributed by atoms with Gasteiger partial charge in [0.25, 0.3) is 0 Å². The van der Waals surface area contributed by atoms with Gasteiger partial charge in [-0.15, -0.1) is 0 Å². The normalized spacial score (nSPS) is 11.2. The van der Waals surface area contributed by atoms with Gasteiger partial charge in [0.1, 0.15) is 11.5 Å². The van der Waals surface area contributed by atoms with Gasteiger partial charge < -0.3 is 15.4 Å². The molecule has 0 radical (unpaired) electrons. The van der Waals surface area contributed by atoms with Crippen molar-refractivity contribution in [2.24, 2.45) is 0 Å². The smallest absolute Gasteiger partial charge is 0.417 e. The number of carbonyl (C=O) groups excluding carboxylic acids is 1. The summed E-state index contributed by atoms with van der Waals surface area (Å²) in [4.78, 5) is 16.4. The predicted molar refractivity (Wildman–Crippen MR) is 117 cm³/mol. The summed E-state index contributed by atoms with van der Waals surface area (Å²) in [6, 6.07) is 12.3. The average Bonchev–Trinajstić information content (AvgIpc) is 3.31. The van der Waals surface area contributed by atoms with Crippen molar-refractivity contribution in [3.8, 4) is 22.8 Å². The molecule has 0 aliphatic heterocycles. The van der Waals surface area contributed by atoms with Crippen LogP contribution in [0.3, 0.4) is 0 Å². The minimum absolute atomic E-state index is 0.0460. The number of hydrogen-bond acceptors (Lipinski definition) is 4. The summed E-state index contributed by atoms with van der Waals surface area (Å²) in [5.41, 5.74) is 0.839. The lowest BCUT2D eigenvalue weighted by atomic mass is 10.2. The zero-order valence-electron chi connectivity index (χ0n) is 16.7. The Hall–Kier alpha value is -4.05. The van der Waals surface area contributed by atoms with Gasteiger partial charge >= 0.3 is 12.2 Å². The van der Waals surface area contributed by atoms with Crippen molar-refractivity contribution < 1.29 is 22.7 Å². The fourth-order valence-corrected chi connectivity index (χ4v) is 3.10. The van der Waals surface area contributed by atoms with E-state index in [0.717, 1.165) is 17.7 Å². The van der Waals surface area contributed by atoms with E-state index in [1.807, 2.05) is 0 Å². The van der Waals surface area contributed by atoms with Crippen LogP contribution >= 0.6 is 11.6 Å². The maximum absolute atomic E-state index is 13.0. The molecule has 0 aliphatic carbocycles. The Morgan fingerprint density at radius 2 is 1.70 bits per heavy atom. The van der Waals surface area contributed by atoms with Crippen molar-refractivity contribution in [2.75, 3.05) is 10.6 Å². The summed E-state index contributed by atoms with van der Waals surface area (Å²) in [5.74, 6) is 1.07. The number of anilines is 2. The van der Waals surface area contributed by atoms with Gasteiger partial charge in [-0.1, -0.05) is 11.6 Å². The highest BCUT2D eigenvalue weighted by molar-refractivity contribution is 6.31. The summed E-state index contributed by atoms with van der Waals surface area (Å²) >= 11 is 5.59. The molecule has 0 aliphatic rings. The van der Waals surface area contributed by atoms with Gasteiger partial charge in [-0.25, -0.2) is 4.79 Å². The highest BCUT2D eigenvalue weighted by Gasteiger charge is 2.33. The fourth-order valence-electron chi connectivity index (χ4n) is 2.88. The maximum Gasteiger partial charge on any atom is 0.417 e. The molecule has 0 saturated heterocycles. The van der Waals surface area contributed by atoms with Gasteiger partial charge in [-0.05, 0) is 48.5 Å². The third-order valence-corrected chi connectivity index (χ3v) is 4.73. The summed E-state index contributed by atoms with van der Waals surface area (Å²) in [6.45, 7) is 0. The molecule has 0 fully saturated rings. The van der Waals surface area contributed by atoms with Crippen LogP contribution in [0.5, 0.6) is 11.5 Å². The van der Waals surface area contributed by atoms with E-state index in [-0.39, 0.29) is 5.69 Å². The third-order valence-electron chi connectivity index (χ3n) is 4.40. The minimum Gasteiger partial charge on any atom is -0.457 e. The Labute approximate surface area is 190 Å². The molecule has 0 unspecified atom stereocenters. The van der Waals surface area contributed by atoms with Gasteiger partial charge in [0, 0.05) is 35.4 Å². The zero-order valence-corrected chi connectivity index (χ0v) is 17.4. The Morgan fingerprint density at radius 3 is 2.39 bits per heavy atom. The molecule has 2 aromatic carbocycles. The van der Waals surface area contributed by atoms with Crippen LogP contribution in [0.1, 0.15) is 5.56 Å². The molecule has 0 spiro atoms. The Bertz CT molecular complexity index is 1260. The SMILES string of the molecule is O=C(Nc1ccc(Oc2ccnc(-c3cn[nH]c3)c2)cc1)Nc1ccc(Cl)c(C(F)(F)F)c1. The van der Waals surface area contributed by atoms with E-state index in [1.54, 1.807) is 55.0 Å². The first kappa shape index (κ1) is 22.2. The standard InChI is InChI=1S/C22H15ClF3N5O2/c23-19-6-3-15(9-18(19)22(24,25)26)31-21(32)30-14-1-4-16(5-2-14)33-17-7-8-27-20(10-17)13-11-28-29-12-13/h1-12H,(H,28,29)(H2,30,31,32). The van der Waals surface area contributed by atoms with E-state index in [2.05, 4.69) is 25.8 Å². The number of halogens is 4. The lowest BCUT2D eigenvalue weighted by Crippen LogP contribution is -2.19. The number of ether oxygens (including phenoxy) is 1. The number of benzene rings is 2. The third kappa shape index (κ3) is 5.60. The van der Waals surface area contributed by atoms with E-state index in [1.165, 1.54) is 6.07 Å². The molecule has 0 atom stereocenters. The number of nitrogens with one attached hydrogen (secondary N) is 3. The number of amides is 2. The topological polar surface area (TPSA) is 91.9 Å². The fraction of sp³-hybridized carbons (Fsp3) is 0.0455. The number of rotatable bonds is 5. The van der Waals surface area contributed by atoms with E-state index < -0.39 is 22.8 Å². The Morgan fingerprint density at radius 1 is 0.970 bits per heavy atom. The zero-order chi connectivity index (χ0) is 23.4. The average molecular weight is 474 g/mol. The van der Waals surface area contributed by atoms with Crippen molar-refractivity contribution in [2.45, 2.75) is 6.18 Å². The largest absolute Gasteiger partial charge is 0.457 e. The monoisotopic (exact) mass is 473 g/mol. The maximum atomic E-state index is 13.0. The molecular formula is C22H15ClF3N5O2. The number of carbonyl (C=O) groups is 1. The molecule has 2 amide bonds. The second kappa shape index (κ2) is 9.21. The van der Waals surface area contributed by atoms with Crippen molar-refractivity contribution in [1.29, 1.82) is 0 Å². The summed E-state index contributed by atoms with van der Waals surface area (Å²) < 4.78 is 44.7. The van der Waals surface area contributed by atoms with Crippen LogP contribution in [0.4, 0.5) is 29.3 Å². The molecule has 168 valence electrons. The van der Waals surface area contributed by atoms with Gasteiger partial charge in [-0.3, -0.25) is 10.1 Å². The number of H-pyrrole nitrogens is 1. The summed E-state index contributed by atoms with van der Waals surface area (Å²) in [7, 11) is 0. The number of aromatic nitrogens is 3. The quantitative estimate of drug-likeness (QED) is 0.305. The number of hydrogen-bond donors (Lipinski definition) is 3. The van der Waals surface area contributed by atoms with Crippen LogP contribution < -0.4 is 15.4 Å². The van der Waals surface area contributed by atoms with E-state index in [9.17, 15) is 18.0 Å². The molecule has 0 bridgehead atoms. The number of nitrogens with zero attached hydrogens (tertiary/aromatic N) is 2. The van der Waals surface area contributed by atoms with Crippen LogP contribution in [-0.4, -0.2) is 21.2 Å². The highest BCUT2D eigenvalue weighted by Crippen LogP contribution is 2.36. The molecule has 2 heterocycles. The number of alkyl halides is 3. The Kier molecular flexibility index (Phi) is 6.18. The Balaban J connectivity index is 1.38. The van der Waals surface area contributed by atoms with Crippen LogP contribution in [0, 0.1) is 0 Å². The van der Waals surface area contributed by atoms with Crippen molar-refractivity contribution in [1.82, 2.24) is 15.2 Å². The molecular weight excluding hydrogens is 459 g/mol. The number of pyridine rings is 1. The summed E-state index contributed by atoms with van der Waals surface area (Å²) in [6.07, 6.45) is 0.339. The highest BCUT2D eigenvalue weighted by atomic mass is 35.5. The van der Waals surface area contributed by atoms with Crippen molar-refractivity contribution in [3.05, 3.63) is 83.8 Å². The molecule has 33 heavy (non-hydrogen) atoms. The van der Waals surface area contributed by atoms with Crippen LogP contribution in [0.25, 0.3) is 11.3 Å². The molecule has 11 heteroatoms. The molecule has 0 saturated carbocycles. The van der Waals surface area contributed by atoms with Crippen LogP contribution in [0.15, 0.2) is 73.2 Å². The molecule has 2 aromatic heterocycles. The lowest BCUT2D eigenvalue weighted by molar-refractivity contribution is -0.137. The van der Waals surface area contributed by atoms with E-state index >= 15 is 0 Å². The van der Waals surface area contributed by atoms with Crippen molar-refractivity contribution in [3.63, 3.8) is 0 Å². The first-order chi connectivity index (χ1) is 15.8.